The number of hydrogen-bond acceptors (Lipinski definition) is 2. The van der Waals surface area contributed by atoms with E-state index in [4.69, 9.17) is 5.73 Å². The summed E-state index contributed by atoms with van der Waals surface area (Å²) < 4.78 is 0. The van der Waals surface area contributed by atoms with Gasteiger partial charge in [-0.2, -0.15) is 0 Å². The maximum atomic E-state index is 5.44. The van der Waals surface area contributed by atoms with Crippen molar-refractivity contribution in [3.05, 3.63) is 11.8 Å². The molecule has 0 amide bonds. The largest absolute Gasteiger partial charge is 0.401 e. The van der Waals surface area contributed by atoms with E-state index in [0.717, 1.165) is 18.8 Å². The zero-order chi connectivity index (χ0) is 5.28. The quantitative estimate of drug-likeness (QED) is 0.453. The van der Waals surface area contributed by atoms with Gasteiger partial charge in [0.1, 0.15) is 0 Å². The molecule has 2 nitrogen and oxygen atoms in total. The molecule has 0 unspecified atom stereocenters. The highest BCUT2D eigenvalue weighted by Crippen LogP contribution is 1.97. The lowest BCUT2D eigenvalue weighted by Crippen LogP contribution is -2.15. The van der Waals surface area contributed by atoms with Crippen LogP contribution in [-0.4, -0.2) is 25.0 Å². The lowest BCUT2D eigenvalue weighted by molar-refractivity contribution is 0.428. The molecule has 1 aliphatic heterocycles. The fourth-order valence-electron chi connectivity index (χ4n) is 0.714. The van der Waals surface area contributed by atoms with Crippen LogP contribution in [0.25, 0.3) is 0 Å². The molecule has 0 aromatic heterocycles. The zero-order valence-corrected chi connectivity index (χ0v) is 4.52. The topological polar surface area (TPSA) is 29.3 Å². The van der Waals surface area contributed by atoms with Gasteiger partial charge in [-0.05, 0) is 7.05 Å². The third-order valence-electron chi connectivity index (χ3n) is 1.12. The molecule has 40 valence electrons. The van der Waals surface area contributed by atoms with E-state index in [1.54, 1.807) is 0 Å². The van der Waals surface area contributed by atoms with Crippen LogP contribution in [0.4, 0.5) is 0 Å². The van der Waals surface area contributed by atoms with Crippen LogP contribution >= 0.6 is 0 Å². The summed E-state index contributed by atoms with van der Waals surface area (Å²) in [5.41, 5.74) is 6.45. The maximum absolute atomic E-state index is 5.44. The predicted molar refractivity (Wildman–Crippen MR) is 29.8 cm³/mol. The molecule has 0 aromatic rings. The van der Waals surface area contributed by atoms with E-state index < -0.39 is 0 Å². The molecule has 0 saturated carbocycles. The Morgan fingerprint density at radius 1 is 1.86 bits per heavy atom. The van der Waals surface area contributed by atoms with Crippen molar-refractivity contribution in [1.82, 2.24) is 4.90 Å². The van der Waals surface area contributed by atoms with Crippen molar-refractivity contribution in [3.63, 3.8) is 0 Å². The third-order valence-corrected chi connectivity index (χ3v) is 1.12. The van der Waals surface area contributed by atoms with Gasteiger partial charge in [0.2, 0.25) is 0 Å². The standard InChI is InChI=1S/C5H10N2/c1-7-3-2-5(6)4-7/h2H,3-4,6H2,1H3. The van der Waals surface area contributed by atoms with Crippen LogP contribution in [0.2, 0.25) is 0 Å². The zero-order valence-electron chi connectivity index (χ0n) is 4.52. The molecule has 0 fully saturated rings. The van der Waals surface area contributed by atoms with E-state index in [1.807, 2.05) is 6.08 Å². The Morgan fingerprint density at radius 3 is 2.71 bits per heavy atom. The van der Waals surface area contributed by atoms with Gasteiger partial charge in [-0.25, -0.2) is 0 Å². The number of likely N-dealkylation sites (N-methyl/N-ethyl adjacent to an activating group) is 1. The Morgan fingerprint density at radius 2 is 2.57 bits per heavy atom. The minimum absolute atomic E-state index is 0.944. The first-order valence-corrected chi connectivity index (χ1v) is 2.42. The fourth-order valence-corrected chi connectivity index (χ4v) is 0.714. The normalized spacial score (nSPS) is 22.7. The Balaban J connectivity index is 2.42. The molecule has 0 aromatic carbocycles. The van der Waals surface area contributed by atoms with Gasteiger partial charge in [0.05, 0.1) is 0 Å². The predicted octanol–water partition coefficient (Wildman–Crippen LogP) is -0.226. The van der Waals surface area contributed by atoms with Crippen LogP contribution in [0.15, 0.2) is 11.8 Å². The van der Waals surface area contributed by atoms with E-state index in [1.165, 1.54) is 0 Å². The summed E-state index contributed by atoms with van der Waals surface area (Å²) in [7, 11) is 2.05. The van der Waals surface area contributed by atoms with Gasteiger partial charge < -0.3 is 5.73 Å². The highest BCUT2D eigenvalue weighted by Gasteiger charge is 2.03. The Labute approximate surface area is 43.6 Å². The molecule has 1 heterocycles. The van der Waals surface area contributed by atoms with Gasteiger partial charge in [-0.3, -0.25) is 4.90 Å². The summed E-state index contributed by atoms with van der Waals surface area (Å²) in [6.07, 6.45) is 2.04. The molecule has 2 N–H and O–H groups in total. The SMILES string of the molecule is CN1CC=C(N)C1. The fraction of sp³-hybridized carbons (Fsp3) is 0.600. The maximum Gasteiger partial charge on any atom is 0.0377 e. The molecular formula is C5H10N2. The van der Waals surface area contributed by atoms with Crippen LogP contribution in [0.5, 0.6) is 0 Å². The molecule has 7 heavy (non-hydrogen) atoms. The molecule has 1 rings (SSSR count). The average molecular weight is 98.1 g/mol. The Bertz CT molecular complexity index is 96.3. The molecule has 0 atom stereocenters. The monoisotopic (exact) mass is 98.1 g/mol. The van der Waals surface area contributed by atoms with Crippen LogP contribution in [0.3, 0.4) is 0 Å². The third kappa shape index (κ3) is 0.933. The molecule has 0 aliphatic carbocycles. The van der Waals surface area contributed by atoms with Crippen molar-refractivity contribution >= 4 is 0 Å². The minimum Gasteiger partial charge on any atom is -0.401 e. The van der Waals surface area contributed by atoms with Crippen LogP contribution in [-0.2, 0) is 0 Å². The lowest BCUT2D eigenvalue weighted by atomic mass is 10.5. The molecule has 1 aliphatic rings. The second-order valence-corrected chi connectivity index (χ2v) is 1.98. The number of nitrogens with two attached hydrogens (primary N) is 1. The highest BCUT2D eigenvalue weighted by atomic mass is 15.1. The van der Waals surface area contributed by atoms with Gasteiger partial charge in [0.25, 0.3) is 0 Å². The molecular weight excluding hydrogens is 88.1 g/mol. The Hall–Kier alpha value is -0.500. The van der Waals surface area contributed by atoms with E-state index in [2.05, 4.69) is 11.9 Å². The first-order chi connectivity index (χ1) is 3.29. The smallest absolute Gasteiger partial charge is 0.0377 e. The van der Waals surface area contributed by atoms with Crippen molar-refractivity contribution in [3.8, 4) is 0 Å². The first-order valence-electron chi connectivity index (χ1n) is 2.42. The average Bonchev–Trinajstić information content (AvgIpc) is 1.87. The van der Waals surface area contributed by atoms with Crippen molar-refractivity contribution in [1.29, 1.82) is 0 Å². The Kier molecular flexibility index (Phi) is 1.02. The van der Waals surface area contributed by atoms with E-state index in [-0.39, 0.29) is 0 Å². The second kappa shape index (κ2) is 1.54. The summed E-state index contributed by atoms with van der Waals surface area (Å²) in [6.45, 7) is 1.96. The first kappa shape index (κ1) is 4.65. The molecule has 0 saturated heterocycles. The van der Waals surface area contributed by atoms with Gasteiger partial charge in [-0.1, -0.05) is 6.08 Å². The van der Waals surface area contributed by atoms with Crippen molar-refractivity contribution in [2.75, 3.05) is 20.1 Å². The van der Waals surface area contributed by atoms with Gasteiger partial charge in [-0.15, -0.1) is 0 Å². The van der Waals surface area contributed by atoms with Crippen molar-refractivity contribution in [2.24, 2.45) is 5.73 Å². The second-order valence-electron chi connectivity index (χ2n) is 1.98. The summed E-state index contributed by atoms with van der Waals surface area (Å²) in [4.78, 5) is 2.16. The van der Waals surface area contributed by atoms with Gasteiger partial charge in [0, 0.05) is 18.8 Å². The van der Waals surface area contributed by atoms with Crippen LogP contribution in [0.1, 0.15) is 0 Å². The number of hydrogen-bond donors (Lipinski definition) is 1. The van der Waals surface area contributed by atoms with Crippen molar-refractivity contribution in [2.45, 2.75) is 0 Å². The molecule has 2 heteroatoms. The van der Waals surface area contributed by atoms with Gasteiger partial charge >= 0.3 is 0 Å². The summed E-state index contributed by atoms with van der Waals surface area (Å²) in [5, 5.41) is 0. The molecule has 0 bridgehead atoms. The lowest BCUT2D eigenvalue weighted by Gasteiger charge is -2.03. The minimum atomic E-state index is 0.944. The highest BCUT2D eigenvalue weighted by molar-refractivity contribution is 5.05. The van der Waals surface area contributed by atoms with E-state index >= 15 is 0 Å². The molecule has 0 spiro atoms. The number of nitrogens with zero attached hydrogens (tertiary/aromatic N) is 1. The van der Waals surface area contributed by atoms with Crippen molar-refractivity contribution < 1.29 is 0 Å². The van der Waals surface area contributed by atoms with Crippen LogP contribution in [0, 0.1) is 0 Å². The van der Waals surface area contributed by atoms with Gasteiger partial charge in [0.15, 0.2) is 0 Å². The molecule has 0 radical (unpaired) electrons. The van der Waals surface area contributed by atoms with E-state index in [0.29, 0.717) is 0 Å². The van der Waals surface area contributed by atoms with Crippen LogP contribution < -0.4 is 5.73 Å². The van der Waals surface area contributed by atoms with E-state index in [9.17, 15) is 0 Å². The summed E-state index contributed by atoms with van der Waals surface area (Å²) in [6, 6.07) is 0. The summed E-state index contributed by atoms with van der Waals surface area (Å²) in [5.74, 6) is 0. The summed E-state index contributed by atoms with van der Waals surface area (Å²) >= 11 is 0. The number of rotatable bonds is 0.